The quantitative estimate of drug-likeness (QED) is 0.692. The van der Waals surface area contributed by atoms with Crippen LogP contribution in [0.5, 0.6) is 0 Å². The average molecular weight is 252 g/mol. The molecule has 102 valence electrons. The zero-order chi connectivity index (χ0) is 12.4. The fourth-order valence-electron chi connectivity index (χ4n) is 3.68. The minimum Gasteiger partial charge on any atom is -0.380 e. The van der Waals surface area contributed by atoms with E-state index in [2.05, 4.69) is 9.80 Å². The number of carbonyl (C=O) groups excluding carboxylic acids is 1. The Hall–Kier alpha value is -0.450. The highest BCUT2D eigenvalue weighted by Crippen LogP contribution is 2.30. The van der Waals surface area contributed by atoms with E-state index in [1.807, 2.05) is 0 Å². The minimum atomic E-state index is -0.208. The van der Waals surface area contributed by atoms with Crippen LogP contribution in [-0.2, 0) is 9.53 Å². The van der Waals surface area contributed by atoms with Gasteiger partial charge in [-0.3, -0.25) is 4.90 Å². The first kappa shape index (κ1) is 12.6. The van der Waals surface area contributed by atoms with E-state index in [4.69, 9.17) is 4.74 Å². The summed E-state index contributed by atoms with van der Waals surface area (Å²) in [5.74, 6) is 0. The lowest BCUT2D eigenvalue weighted by Crippen LogP contribution is -2.41. The van der Waals surface area contributed by atoms with Gasteiger partial charge in [0.25, 0.3) is 0 Å². The third kappa shape index (κ3) is 2.46. The highest BCUT2D eigenvalue weighted by molar-refractivity contribution is 5.60. The molecule has 3 saturated heterocycles. The average Bonchev–Trinajstić information content (AvgIpc) is 3.10. The molecule has 0 aromatic heterocycles. The molecule has 18 heavy (non-hydrogen) atoms. The Morgan fingerprint density at radius 3 is 2.78 bits per heavy atom. The van der Waals surface area contributed by atoms with Crippen molar-refractivity contribution in [3.63, 3.8) is 0 Å². The second-order valence-electron chi connectivity index (χ2n) is 6.20. The zero-order valence-electron chi connectivity index (χ0n) is 11.1. The summed E-state index contributed by atoms with van der Waals surface area (Å²) >= 11 is 0. The Kier molecular flexibility index (Phi) is 3.68. The summed E-state index contributed by atoms with van der Waals surface area (Å²) < 4.78 is 5.42. The first-order valence-electron chi connectivity index (χ1n) is 7.32. The van der Waals surface area contributed by atoms with Crippen LogP contribution in [0, 0.1) is 5.41 Å². The molecule has 4 nitrogen and oxygen atoms in total. The van der Waals surface area contributed by atoms with E-state index in [9.17, 15) is 4.79 Å². The highest BCUT2D eigenvalue weighted by Gasteiger charge is 2.39. The molecule has 4 heteroatoms. The Morgan fingerprint density at radius 2 is 2.11 bits per heavy atom. The number of aldehydes is 1. The van der Waals surface area contributed by atoms with E-state index in [0.717, 1.165) is 45.0 Å². The van der Waals surface area contributed by atoms with Crippen molar-refractivity contribution in [2.24, 2.45) is 5.41 Å². The van der Waals surface area contributed by atoms with Crippen molar-refractivity contribution in [3.05, 3.63) is 0 Å². The van der Waals surface area contributed by atoms with Crippen LogP contribution in [0.25, 0.3) is 0 Å². The second kappa shape index (κ2) is 5.27. The first-order chi connectivity index (χ1) is 8.81. The lowest BCUT2D eigenvalue weighted by atomic mass is 9.89. The van der Waals surface area contributed by atoms with E-state index in [-0.39, 0.29) is 5.41 Å². The van der Waals surface area contributed by atoms with Crippen LogP contribution >= 0.6 is 0 Å². The summed E-state index contributed by atoms with van der Waals surface area (Å²) in [4.78, 5) is 16.5. The van der Waals surface area contributed by atoms with Gasteiger partial charge in [0.15, 0.2) is 0 Å². The molecule has 2 atom stereocenters. The molecule has 3 fully saturated rings. The molecule has 0 spiro atoms. The molecule has 3 aliphatic heterocycles. The molecule has 0 aliphatic carbocycles. The molecule has 0 radical (unpaired) electrons. The van der Waals surface area contributed by atoms with Crippen molar-refractivity contribution in [2.75, 3.05) is 45.9 Å². The molecule has 0 N–H and O–H groups in total. The third-order valence-electron chi connectivity index (χ3n) is 4.83. The van der Waals surface area contributed by atoms with Crippen molar-refractivity contribution >= 4 is 6.29 Å². The summed E-state index contributed by atoms with van der Waals surface area (Å²) in [6.45, 7) is 7.14. The largest absolute Gasteiger partial charge is 0.380 e. The number of likely N-dealkylation sites (tertiary alicyclic amines) is 2. The Labute approximate surface area is 109 Å². The van der Waals surface area contributed by atoms with Crippen molar-refractivity contribution in [1.29, 1.82) is 0 Å². The first-order valence-corrected chi connectivity index (χ1v) is 7.32. The van der Waals surface area contributed by atoms with Gasteiger partial charge < -0.3 is 14.4 Å². The fraction of sp³-hybridized carbons (Fsp3) is 0.929. The predicted molar refractivity (Wildman–Crippen MR) is 69.6 cm³/mol. The van der Waals surface area contributed by atoms with E-state index >= 15 is 0 Å². The SMILES string of the molecule is O=CC1(CN2CCC(N3CCCC3)C2)CCOC1. The van der Waals surface area contributed by atoms with Gasteiger partial charge in [-0.2, -0.15) is 0 Å². The van der Waals surface area contributed by atoms with Crippen LogP contribution < -0.4 is 0 Å². The fourth-order valence-corrected chi connectivity index (χ4v) is 3.68. The van der Waals surface area contributed by atoms with E-state index in [0.29, 0.717) is 6.61 Å². The topological polar surface area (TPSA) is 32.8 Å². The molecule has 2 unspecified atom stereocenters. The van der Waals surface area contributed by atoms with Gasteiger partial charge in [0.05, 0.1) is 12.0 Å². The predicted octanol–water partition coefficient (Wildman–Crippen LogP) is 0.762. The van der Waals surface area contributed by atoms with Crippen LogP contribution in [0.15, 0.2) is 0 Å². The molecular weight excluding hydrogens is 228 g/mol. The van der Waals surface area contributed by atoms with Gasteiger partial charge in [-0.05, 0) is 45.3 Å². The maximum absolute atomic E-state index is 11.3. The number of rotatable bonds is 4. The van der Waals surface area contributed by atoms with Gasteiger partial charge in [0.2, 0.25) is 0 Å². The third-order valence-corrected chi connectivity index (χ3v) is 4.83. The van der Waals surface area contributed by atoms with Gasteiger partial charge >= 0.3 is 0 Å². The maximum Gasteiger partial charge on any atom is 0.129 e. The van der Waals surface area contributed by atoms with Crippen LogP contribution in [0.1, 0.15) is 25.7 Å². The van der Waals surface area contributed by atoms with E-state index in [1.165, 1.54) is 32.4 Å². The van der Waals surface area contributed by atoms with E-state index in [1.54, 1.807) is 0 Å². The number of hydrogen-bond acceptors (Lipinski definition) is 4. The molecule has 3 rings (SSSR count). The molecule has 0 amide bonds. The van der Waals surface area contributed by atoms with Crippen molar-refractivity contribution in [1.82, 2.24) is 9.80 Å². The molecule has 0 saturated carbocycles. The molecule has 0 aromatic carbocycles. The standard InChI is InChI=1S/C14H24N2O2/c17-11-14(4-8-18-12-14)10-15-7-3-13(9-15)16-5-1-2-6-16/h11,13H,1-10,12H2. The zero-order valence-corrected chi connectivity index (χ0v) is 11.1. The molecule has 3 heterocycles. The number of nitrogens with zero attached hydrogens (tertiary/aromatic N) is 2. The molecule has 0 aromatic rings. The summed E-state index contributed by atoms with van der Waals surface area (Å²) in [5.41, 5.74) is -0.208. The highest BCUT2D eigenvalue weighted by atomic mass is 16.5. The number of ether oxygens (including phenoxy) is 1. The van der Waals surface area contributed by atoms with Crippen LogP contribution in [0.2, 0.25) is 0 Å². The minimum absolute atomic E-state index is 0.208. The summed E-state index contributed by atoms with van der Waals surface area (Å²) in [5, 5.41) is 0. The second-order valence-corrected chi connectivity index (χ2v) is 6.20. The van der Waals surface area contributed by atoms with Crippen molar-refractivity contribution in [2.45, 2.75) is 31.7 Å². The van der Waals surface area contributed by atoms with Gasteiger partial charge in [0.1, 0.15) is 6.29 Å². The van der Waals surface area contributed by atoms with Crippen molar-refractivity contribution < 1.29 is 9.53 Å². The lowest BCUT2D eigenvalue weighted by Gasteiger charge is -2.28. The van der Waals surface area contributed by atoms with Gasteiger partial charge in [0, 0.05) is 25.7 Å². The monoisotopic (exact) mass is 252 g/mol. The van der Waals surface area contributed by atoms with Gasteiger partial charge in [-0.25, -0.2) is 0 Å². The van der Waals surface area contributed by atoms with Gasteiger partial charge in [-0.15, -0.1) is 0 Å². The Balaban J connectivity index is 1.53. The summed E-state index contributed by atoms with van der Waals surface area (Å²) in [6.07, 6.45) is 6.05. The molecule has 3 aliphatic rings. The van der Waals surface area contributed by atoms with E-state index < -0.39 is 0 Å². The maximum atomic E-state index is 11.3. The van der Waals surface area contributed by atoms with Crippen LogP contribution in [0.3, 0.4) is 0 Å². The smallest absolute Gasteiger partial charge is 0.129 e. The Bertz CT molecular complexity index is 296. The van der Waals surface area contributed by atoms with Crippen LogP contribution in [0.4, 0.5) is 0 Å². The molecule has 0 bridgehead atoms. The normalized spacial score (nSPS) is 38.6. The van der Waals surface area contributed by atoms with Crippen molar-refractivity contribution in [3.8, 4) is 0 Å². The molecular formula is C14H24N2O2. The lowest BCUT2D eigenvalue weighted by molar-refractivity contribution is -0.117. The summed E-state index contributed by atoms with van der Waals surface area (Å²) in [6, 6.07) is 0.735. The number of carbonyl (C=O) groups is 1. The van der Waals surface area contributed by atoms with Crippen LogP contribution in [-0.4, -0.2) is 68.1 Å². The Morgan fingerprint density at radius 1 is 1.28 bits per heavy atom. The van der Waals surface area contributed by atoms with Gasteiger partial charge in [-0.1, -0.05) is 0 Å². The summed E-state index contributed by atoms with van der Waals surface area (Å²) in [7, 11) is 0. The number of hydrogen-bond donors (Lipinski definition) is 0.